The number of phenolic OH excluding ortho intramolecular Hbond substituents is 1. The Balaban J connectivity index is 0.00000312. The van der Waals surface area contributed by atoms with Crippen molar-refractivity contribution >= 4 is 91.6 Å². The first-order valence-corrected chi connectivity index (χ1v) is 17.2. The van der Waals surface area contributed by atoms with Gasteiger partial charge in [0.05, 0.1) is 26.9 Å². The molecule has 0 aliphatic rings. The number of hydrogen-bond donors (Lipinski definition) is 2. The van der Waals surface area contributed by atoms with Gasteiger partial charge in [-0.05, 0) is 86.3 Å². The molecule has 5 aromatic carbocycles. The van der Waals surface area contributed by atoms with Crippen LogP contribution in [-0.4, -0.2) is 31.0 Å². The fourth-order valence-corrected chi connectivity index (χ4v) is 6.24. The molecule has 0 heterocycles. The molecule has 0 bridgehead atoms. The number of fused-ring (bicyclic) bond motifs is 2. The summed E-state index contributed by atoms with van der Waals surface area (Å²) in [4.78, 5) is -2.01. The van der Waals surface area contributed by atoms with Gasteiger partial charge in [-0.1, -0.05) is 23.1 Å². The molecule has 0 saturated heterocycles. The molecule has 0 aromatic heterocycles. The zero-order valence-corrected chi connectivity index (χ0v) is 32.9. The van der Waals surface area contributed by atoms with E-state index in [0.717, 1.165) is 42.5 Å². The number of rotatable bonds is 8. The maximum atomic E-state index is 12.1. The number of benzene rings is 5. The second-order valence-electron chi connectivity index (χ2n) is 9.27. The van der Waals surface area contributed by atoms with Gasteiger partial charge in [-0.3, -0.25) is 0 Å². The minimum Gasteiger partial charge on any atom is -0.744 e. The molecule has 0 saturated carbocycles. The Bertz CT molecular complexity index is 2530. The average molecular weight is 786 g/mol. The first-order valence-electron chi connectivity index (χ1n) is 12.2. The second-order valence-corrected chi connectivity index (χ2v) is 13.8. The van der Waals surface area contributed by atoms with Gasteiger partial charge in [0, 0.05) is 21.8 Å². The number of azo groups is 2. The summed E-state index contributed by atoms with van der Waals surface area (Å²) < 4.78 is 116. The predicted octanol–water partition coefficient (Wildman–Crippen LogP) is -2.58. The molecular formula is C26H21N5Na2O13S4. The van der Waals surface area contributed by atoms with E-state index in [1.54, 1.807) is 0 Å². The Kier molecular flexibility index (Phi) is 15.8. The van der Waals surface area contributed by atoms with Gasteiger partial charge in [-0.2, -0.15) is 5.11 Å². The molecule has 18 nitrogen and oxygen atoms in total. The van der Waals surface area contributed by atoms with Crippen molar-refractivity contribution in [1.29, 1.82) is 0 Å². The Labute approximate surface area is 330 Å². The van der Waals surface area contributed by atoms with Crippen molar-refractivity contribution < 1.29 is 118 Å². The van der Waals surface area contributed by atoms with E-state index in [4.69, 9.17) is 5.73 Å². The summed E-state index contributed by atoms with van der Waals surface area (Å²) in [7, 11) is -15.4. The zero-order chi connectivity index (χ0) is 33.6. The van der Waals surface area contributed by atoms with Crippen molar-refractivity contribution in [2.45, 2.75) is 19.6 Å². The van der Waals surface area contributed by atoms with E-state index in [-0.39, 0.29) is 119 Å². The van der Waals surface area contributed by atoms with Crippen molar-refractivity contribution in [2.24, 2.45) is 20.5 Å². The summed E-state index contributed by atoms with van der Waals surface area (Å²) >= 11 is 0. The molecule has 0 radical (unpaired) electrons. The fraction of sp³-hybridized carbons (Fsp3) is 0. The molecule has 254 valence electrons. The maximum Gasteiger partial charge on any atom is 1.00 e. The molecule has 50 heavy (non-hydrogen) atoms. The van der Waals surface area contributed by atoms with E-state index in [9.17, 15) is 47.9 Å². The Hall–Kier alpha value is -2.94. The number of nitrogens with zero attached hydrogens (tertiary/aromatic N) is 4. The molecule has 0 fully saturated rings. The summed E-state index contributed by atoms with van der Waals surface area (Å²) in [6.45, 7) is 0. The van der Waals surface area contributed by atoms with Crippen molar-refractivity contribution in [2.75, 3.05) is 5.73 Å². The third-order valence-electron chi connectivity index (χ3n) is 6.43. The average Bonchev–Trinajstić information content (AvgIpc) is 2.98. The first-order chi connectivity index (χ1) is 21.5. The second kappa shape index (κ2) is 17.5. The van der Waals surface area contributed by atoms with Gasteiger partial charge >= 0.3 is 59.1 Å². The van der Waals surface area contributed by atoms with Crippen molar-refractivity contribution in [3.63, 3.8) is 0 Å². The Morgan fingerprint density at radius 2 is 1.10 bits per heavy atom. The first kappa shape index (κ1) is 45.1. The van der Waals surface area contributed by atoms with Crippen LogP contribution in [0, 0.1) is 0 Å². The van der Waals surface area contributed by atoms with E-state index in [0.29, 0.717) is 0 Å². The molecule has 0 atom stereocenters. The smallest absolute Gasteiger partial charge is 0.744 e. The van der Waals surface area contributed by atoms with Crippen LogP contribution < -0.4 is 64.8 Å². The van der Waals surface area contributed by atoms with Crippen LogP contribution in [0.3, 0.4) is 0 Å². The number of nitrogens with two attached hydrogens (primary N) is 1. The number of anilines is 1. The molecule has 5 rings (SSSR count). The van der Waals surface area contributed by atoms with E-state index in [1.807, 2.05) is 0 Å². The van der Waals surface area contributed by atoms with Gasteiger partial charge in [-0.25, -0.2) is 16.8 Å². The van der Waals surface area contributed by atoms with Gasteiger partial charge in [0.15, 0.2) is 0 Å². The van der Waals surface area contributed by atoms with Gasteiger partial charge in [-0.15, -0.1) is 15.3 Å². The number of hydrogen-bond acceptors (Lipinski definition) is 18. The number of aromatic hydroxyl groups is 1. The maximum absolute atomic E-state index is 12.1. The largest absolute Gasteiger partial charge is 1.00 e. The molecular weight excluding hydrogens is 765 g/mol. The third-order valence-corrected chi connectivity index (χ3v) is 9.49. The summed E-state index contributed by atoms with van der Waals surface area (Å²) in [6.07, 6.45) is 0. The van der Waals surface area contributed by atoms with E-state index in [1.165, 1.54) is 30.3 Å². The van der Waals surface area contributed by atoms with E-state index < -0.39 is 67.8 Å². The molecule has 0 aliphatic heterocycles. The topological polar surface area (TPSA) is 344 Å². The van der Waals surface area contributed by atoms with Gasteiger partial charge in [0.2, 0.25) is 0 Å². The molecule has 0 spiro atoms. The summed E-state index contributed by atoms with van der Waals surface area (Å²) in [6, 6.07) is 13.6. The Morgan fingerprint density at radius 1 is 0.600 bits per heavy atom. The van der Waals surface area contributed by atoms with Crippen LogP contribution in [0.5, 0.6) is 5.75 Å². The fourth-order valence-electron chi connectivity index (χ4n) is 4.28. The summed E-state index contributed by atoms with van der Waals surface area (Å²) in [5.74, 6) is -0.705. The van der Waals surface area contributed by atoms with Crippen LogP contribution in [0.25, 0.3) is 21.5 Å². The SMILES string of the molecule is Nc1cc2c(O)c(N=Nc3ccc(N=Nc4ccc(S(=O)(=O)[O-])cc4)c4ccc(S(=O)(=O)[O-])cc34)c([S-](=O)=O)cc2cc1[S-](=O)=O.[Na+].[Na+].[OH3+].[OH3+]. The normalized spacial score (nSPS) is 11.8. The predicted molar refractivity (Wildman–Crippen MR) is 168 cm³/mol. The summed E-state index contributed by atoms with van der Waals surface area (Å²) in [5, 5.41) is 27.1. The zero-order valence-electron chi connectivity index (χ0n) is 25.6. The van der Waals surface area contributed by atoms with Crippen LogP contribution in [0.1, 0.15) is 0 Å². The molecule has 9 N–H and O–H groups in total. The van der Waals surface area contributed by atoms with Gasteiger partial charge in [0.1, 0.15) is 31.7 Å². The molecule has 0 unspecified atom stereocenters. The van der Waals surface area contributed by atoms with E-state index in [2.05, 4.69) is 20.5 Å². The monoisotopic (exact) mass is 785 g/mol. The van der Waals surface area contributed by atoms with Crippen LogP contribution >= 0.6 is 0 Å². The minimum absolute atomic E-state index is 0. The number of phenols is 1. The van der Waals surface area contributed by atoms with Crippen molar-refractivity contribution in [1.82, 2.24) is 0 Å². The summed E-state index contributed by atoms with van der Waals surface area (Å²) in [5.41, 5.74) is 5.18. The molecule has 0 aliphatic carbocycles. The quantitative estimate of drug-likeness (QED) is 0.0409. The molecule has 24 heteroatoms. The van der Waals surface area contributed by atoms with E-state index >= 15 is 0 Å². The van der Waals surface area contributed by atoms with Gasteiger partial charge < -0.3 is 47.7 Å². The van der Waals surface area contributed by atoms with Crippen molar-refractivity contribution in [3.05, 3.63) is 72.8 Å². The van der Waals surface area contributed by atoms with Gasteiger partial charge in [0.25, 0.3) is 0 Å². The number of nitrogen functional groups attached to an aromatic ring is 1. The standard InChI is InChI=1S/C26H17N5O11S4.2Na.2H2O/c27-20-12-18-13(9-23(20)43(33)34)10-24(44(35)36)25(26(18)32)31-30-22-8-7-21(17-6-5-16(11-19(17)22)46(40,41)42)29-28-14-1-3-15(4-2-14)45(37,38)39;;;;/h1-12,32H,27H2,(H,37,38,39)(H,40,41,42);;;2*1H2/q-2;2*+1;;. The van der Waals surface area contributed by atoms with Crippen LogP contribution in [0.15, 0.2) is 113 Å². The molecule has 0 amide bonds. The Morgan fingerprint density at radius 3 is 1.64 bits per heavy atom. The molecule has 5 aromatic rings. The van der Waals surface area contributed by atoms with Crippen LogP contribution in [-0.2, 0) is 69.4 Å². The van der Waals surface area contributed by atoms with Crippen LogP contribution in [0.2, 0.25) is 0 Å². The minimum atomic E-state index is -4.95. The van der Waals surface area contributed by atoms with Crippen molar-refractivity contribution in [3.8, 4) is 5.75 Å². The third kappa shape index (κ3) is 9.68. The van der Waals surface area contributed by atoms with Crippen LogP contribution in [0.4, 0.5) is 28.4 Å².